The van der Waals surface area contributed by atoms with Gasteiger partial charge in [-0.15, -0.1) is 0 Å². The van der Waals surface area contributed by atoms with Gasteiger partial charge in [-0.25, -0.2) is 28.1 Å². The number of benzene rings is 2. The highest BCUT2D eigenvalue weighted by Crippen LogP contribution is 2.30. The molecule has 4 aromatic heterocycles. The molecule has 10 nitrogen and oxygen atoms in total. The number of nitrogens with zero attached hydrogens (tertiary/aromatic N) is 5. The third kappa shape index (κ3) is 5.41. The minimum Gasteiger partial charge on any atom is -0.348 e. The summed E-state index contributed by atoms with van der Waals surface area (Å²) in [6, 6.07) is 16.0. The molecule has 0 radical (unpaired) electrons. The second-order valence-electron chi connectivity index (χ2n) is 11.7. The lowest BCUT2D eigenvalue weighted by Crippen LogP contribution is -2.45. The van der Waals surface area contributed by atoms with Crippen molar-refractivity contribution in [1.82, 2.24) is 28.8 Å². The molecule has 1 amide bonds. The average molecular weight is 635 g/mol. The van der Waals surface area contributed by atoms with Crippen molar-refractivity contribution in [3.63, 3.8) is 0 Å². The van der Waals surface area contributed by atoms with Crippen LogP contribution in [-0.4, -0.2) is 41.7 Å². The number of aldehydes is 1. The Morgan fingerprint density at radius 2 is 1.70 bits per heavy atom. The van der Waals surface area contributed by atoms with Gasteiger partial charge in [-0.3, -0.25) is 19.0 Å². The topological polar surface area (TPSA) is 120 Å². The summed E-state index contributed by atoms with van der Waals surface area (Å²) >= 11 is 0. The predicted octanol–water partition coefficient (Wildman–Crippen LogP) is 5.17. The third-order valence-electron chi connectivity index (χ3n) is 8.77. The SMILES string of the molecule is Cc1cc(-c2ccccc2)cc(-n2c(=O)n(C3CCC(NC(=O)c4cn5cc(F)ccc5n4)CC3)c(=O)c3cc(F)cnc32)c1C=O. The first kappa shape index (κ1) is 29.9. The molecule has 1 fully saturated rings. The van der Waals surface area contributed by atoms with Crippen LogP contribution < -0.4 is 16.6 Å². The van der Waals surface area contributed by atoms with Crippen molar-refractivity contribution < 1.29 is 18.4 Å². The second-order valence-corrected chi connectivity index (χ2v) is 11.7. The van der Waals surface area contributed by atoms with E-state index in [2.05, 4.69) is 15.3 Å². The average Bonchev–Trinajstić information content (AvgIpc) is 3.50. The molecular formula is C35H28F2N6O4. The molecule has 1 saturated carbocycles. The molecule has 0 atom stereocenters. The van der Waals surface area contributed by atoms with E-state index in [1.54, 1.807) is 13.0 Å². The number of carbonyl (C=O) groups is 2. The van der Waals surface area contributed by atoms with E-state index in [4.69, 9.17) is 0 Å². The zero-order valence-electron chi connectivity index (χ0n) is 25.2. The number of carbonyl (C=O) groups excluding carboxylic acids is 2. The van der Waals surface area contributed by atoms with Crippen LogP contribution >= 0.6 is 0 Å². The summed E-state index contributed by atoms with van der Waals surface area (Å²) in [5, 5.41) is 2.86. The highest BCUT2D eigenvalue weighted by molar-refractivity contribution is 5.93. The summed E-state index contributed by atoms with van der Waals surface area (Å²) in [5.74, 6) is -1.61. The van der Waals surface area contributed by atoms with Gasteiger partial charge in [0, 0.05) is 30.0 Å². The zero-order chi connectivity index (χ0) is 32.8. The number of imidazole rings is 1. The van der Waals surface area contributed by atoms with Crippen molar-refractivity contribution in [2.45, 2.75) is 44.7 Å². The molecular weight excluding hydrogens is 606 g/mol. The van der Waals surface area contributed by atoms with Crippen LogP contribution in [-0.2, 0) is 0 Å². The fourth-order valence-corrected chi connectivity index (χ4v) is 6.45. The third-order valence-corrected chi connectivity index (χ3v) is 8.77. The predicted molar refractivity (Wildman–Crippen MR) is 171 cm³/mol. The number of rotatable bonds is 6. The molecule has 4 heterocycles. The van der Waals surface area contributed by atoms with E-state index in [9.17, 15) is 28.0 Å². The number of hydrogen-bond donors (Lipinski definition) is 1. The number of aromatic nitrogens is 5. The van der Waals surface area contributed by atoms with Gasteiger partial charge in [0.1, 0.15) is 23.0 Å². The van der Waals surface area contributed by atoms with Crippen LogP contribution in [0.2, 0.25) is 0 Å². The maximum absolute atomic E-state index is 14.5. The van der Waals surface area contributed by atoms with E-state index in [0.29, 0.717) is 43.2 Å². The molecule has 0 aliphatic heterocycles. The maximum Gasteiger partial charge on any atom is 0.337 e. The molecule has 0 spiro atoms. The summed E-state index contributed by atoms with van der Waals surface area (Å²) in [6.07, 6.45) is 5.91. The van der Waals surface area contributed by atoms with E-state index in [1.807, 2.05) is 36.4 Å². The molecule has 1 N–H and O–H groups in total. The van der Waals surface area contributed by atoms with Gasteiger partial charge in [0.2, 0.25) is 0 Å². The Bertz CT molecular complexity index is 2320. The van der Waals surface area contributed by atoms with Gasteiger partial charge in [-0.1, -0.05) is 36.4 Å². The molecule has 6 aromatic rings. The maximum atomic E-state index is 14.5. The summed E-state index contributed by atoms with van der Waals surface area (Å²) in [5.41, 5.74) is 1.83. The van der Waals surface area contributed by atoms with Gasteiger partial charge in [0.15, 0.2) is 11.9 Å². The van der Waals surface area contributed by atoms with Gasteiger partial charge < -0.3 is 9.72 Å². The Labute approximate surface area is 266 Å². The van der Waals surface area contributed by atoms with Gasteiger partial charge in [-0.05, 0) is 73.6 Å². The lowest BCUT2D eigenvalue weighted by molar-refractivity contribution is 0.0917. The summed E-state index contributed by atoms with van der Waals surface area (Å²) < 4.78 is 31.9. The molecule has 2 aromatic carbocycles. The Balaban J connectivity index is 1.25. The monoisotopic (exact) mass is 634 g/mol. The summed E-state index contributed by atoms with van der Waals surface area (Å²) in [6.45, 7) is 1.76. The number of amides is 1. The van der Waals surface area contributed by atoms with Crippen molar-refractivity contribution in [1.29, 1.82) is 0 Å². The molecule has 236 valence electrons. The molecule has 7 rings (SSSR count). The van der Waals surface area contributed by atoms with Crippen molar-refractivity contribution in [3.8, 4) is 16.8 Å². The molecule has 0 saturated heterocycles. The number of fused-ring (bicyclic) bond motifs is 2. The number of nitrogens with one attached hydrogen (secondary N) is 1. The van der Waals surface area contributed by atoms with Crippen LogP contribution in [0.4, 0.5) is 8.78 Å². The minimum absolute atomic E-state index is 0.0568. The van der Waals surface area contributed by atoms with E-state index in [1.165, 1.54) is 33.5 Å². The first-order valence-corrected chi connectivity index (χ1v) is 15.2. The van der Waals surface area contributed by atoms with Crippen LogP contribution in [0.15, 0.2) is 88.8 Å². The van der Waals surface area contributed by atoms with Gasteiger partial charge in [-0.2, -0.15) is 0 Å². The van der Waals surface area contributed by atoms with E-state index >= 15 is 0 Å². The van der Waals surface area contributed by atoms with Crippen molar-refractivity contribution >= 4 is 28.9 Å². The largest absolute Gasteiger partial charge is 0.348 e. The van der Waals surface area contributed by atoms with Crippen molar-refractivity contribution in [2.24, 2.45) is 0 Å². The number of aryl methyl sites for hydroxylation is 1. The Morgan fingerprint density at radius 3 is 2.45 bits per heavy atom. The van der Waals surface area contributed by atoms with Gasteiger partial charge in [0.05, 0.1) is 17.3 Å². The molecule has 47 heavy (non-hydrogen) atoms. The molecule has 1 aliphatic carbocycles. The quantitative estimate of drug-likeness (QED) is 0.252. The number of pyridine rings is 2. The number of halogens is 2. The van der Waals surface area contributed by atoms with Crippen LogP contribution in [0.5, 0.6) is 0 Å². The van der Waals surface area contributed by atoms with Crippen LogP contribution in [0.25, 0.3) is 33.5 Å². The van der Waals surface area contributed by atoms with Gasteiger partial charge >= 0.3 is 5.69 Å². The van der Waals surface area contributed by atoms with Crippen LogP contribution in [0.1, 0.15) is 58.1 Å². The minimum atomic E-state index is -0.739. The molecule has 12 heteroatoms. The molecule has 1 aliphatic rings. The fraction of sp³-hybridized carbons (Fsp3) is 0.200. The lowest BCUT2D eigenvalue weighted by atomic mass is 9.90. The Hall–Kier alpha value is -5.78. The first-order chi connectivity index (χ1) is 22.7. The van der Waals surface area contributed by atoms with E-state index in [0.717, 1.165) is 28.0 Å². The lowest BCUT2D eigenvalue weighted by Gasteiger charge is -2.30. The Morgan fingerprint density at radius 1 is 0.936 bits per heavy atom. The normalized spacial score (nSPS) is 16.4. The highest BCUT2D eigenvalue weighted by Gasteiger charge is 2.29. The second kappa shape index (κ2) is 11.9. The van der Waals surface area contributed by atoms with E-state index < -0.39 is 34.8 Å². The number of hydrogen-bond acceptors (Lipinski definition) is 6. The summed E-state index contributed by atoms with van der Waals surface area (Å²) in [4.78, 5) is 61.9. The Kier molecular flexibility index (Phi) is 7.55. The molecule has 0 bridgehead atoms. The van der Waals surface area contributed by atoms with Gasteiger partial charge in [0.25, 0.3) is 11.5 Å². The van der Waals surface area contributed by atoms with Crippen LogP contribution in [0.3, 0.4) is 0 Å². The fourth-order valence-electron chi connectivity index (χ4n) is 6.45. The van der Waals surface area contributed by atoms with Crippen molar-refractivity contribution in [2.75, 3.05) is 0 Å². The smallest absolute Gasteiger partial charge is 0.337 e. The molecule has 0 unspecified atom stereocenters. The zero-order valence-corrected chi connectivity index (χ0v) is 25.2. The summed E-state index contributed by atoms with van der Waals surface area (Å²) in [7, 11) is 0. The highest BCUT2D eigenvalue weighted by atomic mass is 19.1. The van der Waals surface area contributed by atoms with Crippen LogP contribution in [0, 0.1) is 18.6 Å². The first-order valence-electron chi connectivity index (χ1n) is 15.2. The standard InChI is InChI=1S/C35H28F2N6O4/c1-20-13-22(21-5-3-2-4-6-21)14-30(28(20)19-44)43-32-27(15-24(37)16-38-32)34(46)42(35(43)47)26-10-8-25(9-11-26)39-33(45)29-18-41-17-23(36)7-12-31(41)40-29/h2-7,12-19,25-26H,8-11H2,1H3,(H,39,45). The van der Waals surface area contributed by atoms with Crippen molar-refractivity contribution in [3.05, 3.63) is 129 Å². The van der Waals surface area contributed by atoms with E-state index in [-0.39, 0.29) is 34.0 Å².